The van der Waals surface area contributed by atoms with E-state index < -0.39 is 60.0 Å². The van der Waals surface area contributed by atoms with Crippen LogP contribution in [-0.4, -0.2) is 64.9 Å². The van der Waals surface area contributed by atoms with Gasteiger partial charge < -0.3 is 29.2 Å². The number of H-pyrrole nitrogens is 1. The fourth-order valence-electron chi connectivity index (χ4n) is 4.15. The lowest BCUT2D eigenvalue weighted by molar-refractivity contribution is -0.188. The smallest absolute Gasteiger partial charge is 0.329 e. The Balaban J connectivity index is 2.17. The number of hydrogen-bond donors (Lipinski definition) is 2. The first-order chi connectivity index (χ1) is 18.3. The molecular formula is C25H30N4O10. The molecule has 0 amide bonds. The Bertz CT molecular complexity index is 1410. The van der Waals surface area contributed by atoms with Crippen LogP contribution in [-0.2, 0) is 45.2 Å². The molecule has 0 saturated heterocycles. The quantitative estimate of drug-likeness (QED) is 0.337. The number of fused-ring (bicyclic) bond motifs is 2. The van der Waals surface area contributed by atoms with E-state index in [0.29, 0.717) is 11.4 Å². The van der Waals surface area contributed by atoms with Gasteiger partial charge in [0.1, 0.15) is 18.1 Å². The van der Waals surface area contributed by atoms with Gasteiger partial charge in [0, 0.05) is 34.7 Å². The van der Waals surface area contributed by atoms with Gasteiger partial charge in [0.15, 0.2) is 18.3 Å². The highest BCUT2D eigenvalue weighted by Crippen LogP contribution is 2.41. The number of hydrogen-bond acceptors (Lipinski definition) is 12. The van der Waals surface area contributed by atoms with Crippen molar-refractivity contribution < 1.29 is 38.1 Å². The number of aryl methyl sites for hydroxylation is 1. The number of rotatable bonds is 9. The number of nitrogens with one attached hydrogen (secondary N) is 2. The molecule has 0 fully saturated rings. The van der Waals surface area contributed by atoms with Crippen molar-refractivity contribution in [1.82, 2.24) is 9.55 Å². The summed E-state index contributed by atoms with van der Waals surface area (Å²) in [5.74, 6) is -2.94. The van der Waals surface area contributed by atoms with Gasteiger partial charge in [-0.2, -0.15) is 0 Å². The van der Waals surface area contributed by atoms with Crippen LogP contribution in [0.15, 0.2) is 27.8 Å². The SMILES string of the molecule is CC(=O)OC[C@H](OC(C)=O)[C@H](OC(C)=O)[C@@H](CN1c2ccc(C)cc2Nc2c1[nH]c(=O)n(C)c2=O)OC(C)=O. The van der Waals surface area contributed by atoms with E-state index in [1.807, 2.05) is 6.92 Å². The topological polar surface area (TPSA) is 175 Å². The standard InChI is InChI=1S/C25H30N4O10/c1-12-7-8-18-17(9-12)26-21-23(27-25(35)28(6)24(21)34)29(18)10-19(37-14(3)31)22(39-16(5)33)20(38-15(4)32)11-36-13(2)30/h7-9,19-20,22,26H,10-11H2,1-6H3,(H,27,35)/t19-,20+,22-/m1/s1. The Kier molecular flexibility index (Phi) is 8.78. The summed E-state index contributed by atoms with van der Waals surface area (Å²) in [6.45, 7) is 5.56. The molecule has 14 nitrogen and oxygen atoms in total. The molecule has 0 aliphatic carbocycles. The van der Waals surface area contributed by atoms with Crippen LogP contribution in [0.5, 0.6) is 0 Å². The van der Waals surface area contributed by atoms with Crippen molar-refractivity contribution in [3.05, 3.63) is 44.6 Å². The molecule has 1 aliphatic rings. The highest BCUT2D eigenvalue weighted by Gasteiger charge is 2.41. The summed E-state index contributed by atoms with van der Waals surface area (Å²) < 4.78 is 22.2. The number of benzene rings is 1. The summed E-state index contributed by atoms with van der Waals surface area (Å²) in [5, 5.41) is 3.04. The molecule has 2 aromatic rings. The second-order valence-electron chi connectivity index (χ2n) is 8.95. The van der Waals surface area contributed by atoms with E-state index in [2.05, 4.69) is 10.3 Å². The van der Waals surface area contributed by atoms with Crippen molar-refractivity contribution in [3.8, 4) is 0 Å². The lowest BCUT2D eigenvalue weighted by atomic mass is 10.0. The van der Waals surface area contributed by atoms with Crippen LogP contribution in [0.4, 0.5) is 22.9 Å². The van der Waals surface area contributed by atoms with Gasteiger partial charge in [-0.15, -0.1) is 0 Å². The summed E-state index contributed by atoms with van der Waals surface area (Å²) >= 11 is 0. The van der Waals surface area contributed by atoms with E-state index >= 15 is 0 Å². The Morgan fingerprint density at radius 1 is 0.897 bits per heavy atom. The molecule has 3 rings (SSSR count). The highest BCUT2D eigenvalue weighted by molar-refractivity contribution is 5.90. The predicted octanol–water partition coefficient (Wildman–Crippen LogP) is 0.935. The number of nitrogens with zero attached hydrogens (tertiary/aromatic N) is 2. The maximum absolute atomic E-state index is 13.0. The largest absolute Gasteiger partial charge is 0.462 e. The van der Waals surface area contributed by atoms with Gasteiger partial charge >= 0.3 is 29.6 Å². The third-order valence-electron chi connectivity index (χ3n) is 5.74. The summed E-state index contributed by atoms with van der Waals surface area (Å²) in [6, 6.07) is 5.30. The molecule has 0 spiro atoms. The van der Waals surface area contributed by atoms with Crippen molar-refractivity contribution in [2.24, 2.45) is 7.05 Å². The van der Waals surface area contributed by atoms with Crippen LogP contribution in [0, 0.1) is 6.92 Å². The van der Waals surface area contributed by atoms with E-state index in [-0.39, 0.29) is 18.1 Å². The maximum atomic E-state index is 13.0. The van der Waals surface area contributed by atoms with Gasteiger partial charge in [-0.05, 0) is 24.6 Å². The molecule has 0 saturated carbocycles. The average molecular weight is 547 g/mol. The van der Waals surface area contributed by atoms with E-state index in [9.17, 15) is 28.8 Å². The molecule has 2 heterocycles. The Morgan fingerprint density at radius 2 is 1.51 bits per heavy atom. The summed E-state index contributed by atoms with van der Waals surface area (Å²) in [6.07, 6.45) is -4.14. The monoisotopic (exact) mass is 546 g/mol. The van der Waals surface area contributed by atoms with Gasteiger partial charge in [-0.25, -0.2) is 4.79 Å². The first-order valence-electron chi connectivity index (χ1n) is 11.9. The second kappa shape index (κ2) is 11.8. The van der Waals surface area contributed by atoms with Crippen LogP contribution in [0.25, 0.3) is 0 Å². The molecule has 210 valence electrons. The molecule has 1 aromatic carbocycles. The number of aromatic nitrogens is 2. The number of aromatic amines is 1. The molecule has 0 bridgehead atoms. The van der Waals surface area contributed by atoms with Crippen LogP contribution < -0.4 is 21.5 Å². The van der Waals surface area contributed by atoms with E-state index in [1.165, 1.54) is 11.9 Å². The fraction of sp³-hybridized carbons (Fsp3) is 0.440. The van der Waals surface area contributed by atoms with Crippen molar-refractivity contribution in [3.63, 3.8) is 0 Å². The molecule has 0 unspecified atom stereocenters. The van der Waals surface area contributed by atoms with Gasteiger partial charge in [-0.3, -0.25) is 33.5 Å². The zero-order valence-corrected chi connectivity index (χ0v) is 22.4. The Morgan fingerprint density at radius 3 is 2.10 bits per heavy atom. The predicted molar refractivity (Wildman–Crippen MR) is 137 cm³/mol. The normalized spacial score (nSPS) is 14.1. The molecule has 0 radical (unpaired) electrons. The van der Waals surface area contributed by atoms with Crippen LogP contribution in [0.3, 0.4) is 0 Å². The third kappa shape index (κ3) is 6.83. The molecule has 1 aromatic heterocycles. The van der Waals surface area contributed by atoms with E-state index in [0.717, 1.165) is 37.8 Å². The molecule has 39 heavy (non-hydrogen) atoms. The number of esters is 4. The summed E-state index contributed by atoms with van der Waals surface area (Å²) in [7, 11) is 1.32. The minimum atomic E-state index is -1.44. The molecule has 2 N–H and O–H groups in total. The van der Waals surface area contributed by atoms with E-state index in [1.54, 1.807) is 18.2 Å². The molecular weight excluding hydrogens is 516 g/mol. The summed E-state index contributed by atoms with van der Waals surface area (Å²) in [4.78, 5) is 77.4. The number of anilines is 4. The second-order valence-corrected chi connectivity index (χ2v) is 8.95. The maximum Gasteiger partial charge on any atom is 0.329 e. The van der Waals surface area contributed by atoms with Gasteiger partial charge in [0.25, 0.3) is 5.56 Å². The fourth-order valence-corrected chi connectivity index (χ4v) is 4.15. The number of carbonyl (C=O) groups is 4. The van der Waals surface area contributed by atoms with Crippen LogP contribution >= 0.6 is 0 Å². The third-order valence-corrected chi connectivity index (χ3v) is 5.74. The summed E-state index contributed by atoms with van der Waals surface area (Å²) in [5.41, 5.74) is 0.635. The lowest BCUT2D eigenvalue weighted by Crippen LogP contribution is -2.52. The first kappa shape index (κ1) is 28.9. The Hall–Kier alpha value is -4.62. The van der Waals surface area contributed by atoms with Crippen LogP contribution in [0.1, 0.15) is 33.3 Å². The van der Waals surface area contributed by atoms with Crippen molar-refractivity contribution in [2.45, 2.75) is 52.9 Å². The van der Waals surface area contributed by atoms with Gasteiger partial charge in [-0.1, -0.05) is 6.07 Å². The van der Waals surface area contributed by atoms with Gasteiger partial charge in [0.05, 0.1) is 17.9 Å². The average Bonchev–Trinajstić information content (AvgIpc) is 2.83. The van der Waals surface area contributed by atoms with Crippen molar-refractivity contribution in [2.75, 3.05) is 23.4 Å². The van der Waals surface area contributed by atoms with Crippen molar-refractivity contribution in [1.29, 1.82) is 0 Å². The lowest BCUT2D eigenvalue weighted by Gasteiger charge is -2.38. The molecule has 1 aliphatic heterocycles. The van der Waals surface area contributed by atoms with Crippen LogP contribution in [0.2, 0.25) is 0 Å². The Labute approximate surface area is 222 Å². The van der Waals surface area contributed by atoms with Crippen molar-refractivity contribution >= 4 is 46.8 Å². The molecule has 14 heteroatoms. The molecule has 3 atom stereocenters. The minimum Gasteiger partial charge on any atom is -0.462 e. The zero-order valence-electron chi connectivity index (χ0n) is 22.4. The number of ether oxygens (including phenoxy) is 4. The minimum absolute atomic E-state index is 0.0530. The van der Waals surface area contributed by atoms with Gasteiger partial charge in [0.2, 0.25) is 0 Å². The van der Waals surface area contributed by atoms with E-state index in [4.69, 9.17) is 18.9 Å². The first-order valence-corrected chi connectivity index (χ1v) is 11.9. The zero-order chi connectivity index (χ0) is 29.0. The highest BCUT2D eigenvalue weighted by atomic mass is 16.6. The number of carbonyl (C=O) groups excluding carboxylic acids is 4.